The third kappa shape index (κ3) is 4.12. The van der Waals surface area contributed by atoms with Gasteiger partial charge < -0.3 is 4.90 Å². The van der Waals surface area contributed by atoms with Gasteiger partial charge in [-0.25, -0.2) is 0 Å². The molecule has 112 valence electrons. The van der Waals surface area contributed by atoms with Crippen molar-refractivity contribution >= 4 is 21.6 Å². The molecule has 2 nitrogen and oxygen atoms in total. The van der Waals surface area contributed by atoms with Crippen LogP contribution in [0.2, 0.25) is 0 Å². The van der Waals surface area contributed by atoms with Crippen molar-refractivity contribution < 1.29 is 13.2 Å². The number of nitrogens with zero attached hydrogens (tertiary/aromatic N) is 2. The predicted molar refractivity (Wildman–Crippen MR) is 78.5 cm³/mol. The zero-order valence-corrected chi connectivity index (χ0v) is 12.8. The molecule has 1 aliphatic heterocycles. The van der Waals surface area contributed by atoms with Gasteiger partial charge in [0.15, 0.2) is 0 Å². The molecule has 1 aliphatic rings. The van der Waals surface area contributed by atoms with Crippen molar-refractivity contribution in [1.82, 2.24) is 4.90 Å². The number of hydrogen-bond donors (Lipinski definition) is 0. The van der Waals surface area contributed by atoms with Gasteiger partial charge in [0.05, 0.1) is 5.56 Å². The third-order valence-corrected chi connectivity index (χ3v) is 4.10. The fraction of sp³-hybridized carbons (Fsp3) is 0.571. The number of piperazine rings is 1. The van der Waals surface area contributed by atoms with E-state index in [0.717, 1.165) is 62.3 Å². The van der Waals surface area contributed by atoms with Gasteiger partial charge in [-0.1, -0.05) is 15.9 Å². The Labute approximate surface area is 125 Å². The molecule has 0 radical (unpaired) electrons. The minimum absolute atomic E-state index is 0.586. The van der Waals surface area contributed by atoms with E-state index in [1.807, 2.05) is 0 Å². The fourth-order valence-electron chi connectivity index (χ4n) is 2.37. The van der Waals surface area contributed by atoms with Crippen LogP contribution in [0.3, 0.4) is 0 Å². The Bertz CT molecular complexity index is 411. The van der Waals surface area contributed by atoms with Crippen molar-refractivity contribution in [2.24, 2.45) is 0 Å². The molecular formula is C14H18BrF3N2. The minimum Gasteiger partial charge on any atom is -0.369 e. The van der Waals surface area contributed by atoms with Gasteiger partial charge >= 0.3 is 6.18 Å². The summed E-state index contributed by atoms with van der Waals surface area (Å²) in [6, 6.07) is 5.45. The van der Waals surface area contributed by atoms with E-state index in [1.165, 1.54) is 0 Å². The number of hydrogen-bond acceptors (Lipinski definition) is 2. The lowest BCUT2D eigenvalue weighted by molar-refractivity contribution is -0.137. The van der Waals surface area contributed by atoms with Gasteiger partial charge in [-0.3, -0.25) is 4.90 Å². The highest BCUT2D eigenvalue weighted by atomic mass is 79.9. The second-order valence-corrected chi connectivity index (χ2v) is 5.71. The lowest BCUT2D eigenvalue weighted by Gasteiger charge is -2.36. The first-order valence-electron chi connectivity index (χ1n) is 6.71. The van der Waals surface area contributed by atoms with Crippen LogP contribution in [0.15, 0.2) is 24.3 Å². The molecular weight excluding hydrogens is 333 g/mol. The van der Waals surface area contributed by atoms with E-state index in [0.29, 0.717) is 0 Å². The van der Waals surface area contributed by atoms with Crippen LogP contribution in [0.25, 0.3) is 0 Å². The summed E-state index contributed by atoms with van der Waals surface area (Å²) in [4.78, 5) is 4.53. The maximum atomic E-state index is 12.5. The molecule has 1 fully saturated rings. The first kappa shape index (κ1) is 15.6. The first-order valence-corrected chi connectivity index (χ1v) is 7.83. The minimum atomic E-state index is -4.26. The maximum absolute atomic E-state index is 12.5. The molecule has 0 N–H and O–H groups in total. The Morgan fingerprint density at radius 3 is 2.10 bits per heavy atom. The van der Waals surface area contributed by atoms with Crippen molar-refractivity contribution in [2.75, 3.05) is 43.0 Å². The van der Waals surface area contributed by atoms with Gasteiger partial charge in [0.2, 0.25) is 0 Å². The van der Waals surface area contributed by atoms with Crippen molar-refractivity contribution in [2.45, 2.75) is 12.6 Å². The molecule has 0 spiro atoms. The van der Waals surface area contributed by atoms with E-state index in [1.54, 1.807) is 12.1 Å². The molecule has 20 heavy (non-hydrogen) atoms. The van der Waals surface area contributed by atoms with Crippen LogP contribution in [0.5, 0.6) is 0 Å². The summed E-state index contributed by atoms with van der Waals surface area (Å²) in [5.74, 6) is 0. The maximum Gasteiger partial charge on any atom is 0.416 e. The van der Waals surface area contributed by atoms with E-state index in [9.17, 15) is 13.2 Å². The average Bonchev–Trinajstić information content (AvgIpc) is 2.45. The number of rotatable bonds is 4. The van der Waals surface area contributed by atoms with Crippen LogP contribution in [0.1, 0.15) is 12.0 Å². The smallest absolute Gasteiger partial charge is 0.369 e. The Kier molecular flexibility index (Phi) is 5.32. The van der Waals surface area contributed by atoms with E-state index in [4.69, 9.17) is 0 Å². The summed E-state index contributed by atoms with van der Waals surface area (Å²) in [6.45, 7) is 4.75. The summed E-state index contributed by atoms with van der Waals surface area (Å²) in [5, 5.41) is 1.01. The molecule has 1 aromatic carbocycles. The standard InChI is InChI=1S/C14H18BrF3N2/c15-6-1-7-19-8-10-20(11-9-19)13-4-2-12(3-5-13)14(16,17)18/h2-5H,1,6-11H2. The van der Waals surface area contributed by atoms with Gasteiger partial charge in [-0.15, -0.1) is 0 Å². The zero-order valence-electron chi connectivity index (χ0n) is 11.2. The molecule has 6 heteroatoms. The normalized spacial score (nSPS) is 17.5. The Morgan fingerprint density at radius 2 is 1.60 bits per heavy atom. The number of anilines is 1. The topological polar surface area (TPSA) is 6.48 Å². The van der Waals surface area contributed by atoms with Crippen molar-refractivity contribution in [3.63, 3.8) is 0 Å². The highest BCUT2D eigenvalue weighted by molar-refractivity contribution is 9.09. The molecule has 1 aromatic rings. The Hall–Kier alpha value is -0.750. The second-order valence-electron chi connectivity index (χ2n) is 4.92. The summed E-state index contributed by atoms with van der Waals surface area (Å²) in [5.41, 5.74) is 0.287. The zero-order chi connectivity index (χ0) is 14.6. The van der Waals surface area contributed by atoms with Crippen LogP contribution in [0, 0.1) is 0 Å². The molecule has 0 bridgehead atoms. The van der Waals surface area contributed by atoms with E-state index in [2.05, 4.69) is 25.7 Å². The summed E-state index contributed by atoms with van der Waals surface area (Å²) in [6.07, 6.45) is -3.13. The summed E-state index contributed by atoms with van der Waals surface area (Å²) < 4.78 is 37.5. The van der Waals surface area contributed by atoms with Crippen molar-refractivity contribution in [3.05, 3.63) is 29.8 Å². The molecule has 0 unspecified atom stereocenters. The third-order valence-electron chi connectivity index (χ3n) is 3.54. The lowest BCUT2D eigenvalue weighted by atomic mass is 10.1. The van der Waals surface area contributed by atoms with Gasteiger partial charge in [-0.05, 0) is 37.2 Å². The summed E-state index contributed by atoms with van der Waals surface area (Å²) in [7, 11) is 0. The molecule has 0 atom stereocenters. The van der Waals surface area contributed by atoms with Gasteiger partial charge in [0.1, 0.15) is 0 Å². The number of halogens is 4. The lowest BCUT2D eigenvalue weighted by Crippen LogP contribution is -2.46. The first-order chi connectivity index (χ1) is 9.50. The van der Waals surface area contributed by atoms with Gasteiger partial charge in [0, 0.05) is 37.2 Å². The average molecular weight is 351 g/mol. The van der Waals surface area contributed by atoms with E-state index in [-0.39, 0.29) is 0 Å². The number of benzene rings is 1. The summed E-state index contributed by atoms with van der Waals surface area (Å²) >= 11 is 3.42. The quantitative estimate of drug-likeness (QED) is 0.765. The molecule has 0 saturated carbocycles. The largest absolute Gasteiger partial charge is 0.416 e. The van der Waals surface area contributed by atoms with Crippen LogP contribution in [0.4, 0.5) is 18.9 Å². The van der Waals surface area contributed by atoms with Crippen molar-refractivity contribution in [3.8, 4) is 0 Å². The SMILES string of the molecule is FC(F)(F)c1ccc(N2CCN(CCCBr)CC2)cc1. The van der Waals surface area contributed by atoms with Crippen molar-refractivity contribution in [1.29, 1.82) is 0 Å². The number of alkyl halides is 4. The highest BCUT2D eigenvalue weighted by Crippen LogP contribution is 2.30. The second kappa shape index (κ2) is 6.80. The molecule has 1 heterocycles. The van der Waals surface area contributed by atoms with Crippen LogP contribution in [-0.2, 0) is 6.18 Å². The molecule has 2 rings (SSSR count). The van der Waals surface area contributed by atoms with Crippen LogP contribution >= 0.6 is 15.9 Å². The molecule has 0 aliphatic carbocycles. The molecule has 1 saturated heterocycles. The monoisotopic (exact) mass is 350 g/mol. The molecule has 0 aromatic heterocycles. The highest BCUT2D eigenvalue weighted by Gasteiger charge is 2.30. The van der Waals surface area contributed by atoms with Gasteiger partial charge in [-0.2, -0.15) is 13.2 Å². The predicted octanol–water partition coefficient (Wildman–Crippen LogP) is 3.61. The molecule has 0 amide bonds. The van der Waals surface area contributed by atoms with E-state index < -0.39 is 11.7 Å². The Morgan fingerprint density at radius 1 is 1.00 bits per heavy atom. The van der Waals surface area contributed by atoms with E-state index >= 15 is 0 Å². The Balaban J connectivity index is 1.90. The van der Waals surface area contributed by atoms with Gasteiger partial charge in [0.25, 0.3) is 0 Å². The van der Waals surface area contributed by atoms with Crippen LogP contribution < -0.4 is 4.90 Å². The fourth-order valence-corrected chi connectivity index (χ4v) is 2.63. The van der Waals surface area contributed by atoms with Crippen LogP contribution in [-0.4, -0.2) is 43.0 Å².